The van der Waals surface area contributed by atoms with E-state index in [0.29, 0.717) is 53.7 Å². The van der Waals surface area contributed by atoms with Gasteiger partial charge in [-0.2, -0.15) is 0 Å². The maximum Gasteiger partial charge on any atom is 0.231 e. The Hall–Kier alpha value is -3.62. The Kier molecular flexibility index (Phi) is 5.78. The van der Waals surface area contributed by atoms with Crippen molar-refractivity contribution >= 4 is 21.6 Å². The number of rotatable bonds is 5. The van der Waals surface area contributed by atoms with Gasteiger partial charge < -0.3 is 18.9 Å². The summed E-state index contributed by atoms with van der Waals surface area (Å²) < 4.78 is 50.9. The summed E-state index contributed by atoms with van der Waals surface area (Å²) in [5.74, 6) is 1.94. The number of hydrogen-bond acceptors (Lipinski definition) is 6. The summed E-state index contributed by atoms with van der Waals surface area (Å²) in [6.45, 7) is 4.03. The van der Waals surface area contributed by atoms with Gasteiger partial charge in [-0.15, -0.1) is 0 Å². The first-order chi connectivity index (χ1) is 17.5. The van der Waals surface area contributed by atoms with Gasteiger partial charge in [-0.3, -0.25) is 0 Å². The highest BCUT2D eigenvalue weighted by Gasteiger charge is 2.33. The summed E-state index contributed by atoms with van der Waals surface area (Å²) in [4.78, 5) is 2.31. The number of fused-ring (bicyclic) bond motifs is 2. The molecule has 6 nitrogen and oxygen atoms in total. The van der Waals surface area contributed by atoms with Gasteiger partial charge in [0.05, 0.1) is 31.4 Å². The van der Waals surface area contributed by atoms with Crippen LogP contribution < -0.4 is 18.9 Å². The Morgan fingerprint density at radius 3 is 1.31 bits per heavy atom. The first kappa shape index (κ1) is 22.8. The van der Waals surface area contributed by atoms with Crippen LogP contribution in [0.4, 0.5) is 0 Å². The second-order valence-corrected chi connectivity index (χ2v) is 11.4. The maximum absolute atomic E-state index is 13.9. The summed E-state index contributed by atoms with van der Waals surface area (Å²) >= 11 is 0. The molecule has 0 amide bonds. The predicted octanol–water partition coefficient (Wildman–Crippen LogP) is 5.76. The lowest BCUT2D eigenvalue weighted by Gasteiger charge is -2.18. The van der Waals surface area contributed by atoms with Gasteiger partial charge in [0.15, 0.2) is 23.0 Å². The van der Waals surface area contributed by atoms with Crippen molar-refractivity contribution in [3.63, 3.8) is 0 Å². The molecule has 0 saturated heterocycles. The third-order valence-electron chi connectivity index (χ3n) is 6.12. The zero-order valence-electron chi connectivity index (χ0n) is 19.6. The average Bonchev–Trinajstić information content (AvgIpc) is 3.57. The molecule has 2 atom stereocenters. The van der Waals surface area contributed by atoms with E-state index in [1.807, 2.05) is 62.4 Å². The monoisotopic (exact) mass is 518 g/mol. The van der Waals surface area contributed by atoms with Gasteiger partial charge in [0.2, 0.25) is 13.6 Å². The second kappa shape index (κ2) is 9.11. The summed E-state index contributed by atoms with van der Waals surface area (Å²) in [7, 11) is -3.11. The minimum absolute atomic E-state index is 0.0335. The number of ether oxygens (including phenoxy) is 4. The van der Waals surface area contributed by atoms with Crippen molar-refractivity contribution in [3.05, 3.63) is 83.9 Å². The van der Waals surface area contributed by atoms with Gasteiger partial charge in [-0.1, -0.05) is 35.4 Å². The molecule has 0 fully saturated rings. The van der Waals surface area contributed by atoms with Crippen LogP contribution in [0.3, 0.4) is 0 Å². The fraction of sp³-hybridized carbons (Fsp3) is 0.143. The standard InChI is InChI=1S/C28H22O6S2/c1-17-3-7-19(8-4-17)35(29)23-13-11-21-27(33-15-31-21)25(23)26-24(14-12-22-28(26)34-16-32-22)36(30)20-9-5-18(2)6-10-20/h3-14H,15-16H2,1-2H3/t35-,36-/m0/s1. The number of aryl methyl sites for hydroxylation is 2. The van der Waals surface area contributed by atoms with E-state index in [-0.39, 0.29) is 13.6 Å². The van der Waals surface area contributed by atoms with Crippen LogP contribution in [0, 0.1) is 13.8 Å². The minimum atomic E-state index is -1.56. The van der Waals surface area contributed by atoms with E-state index in [1.165, 1.54) is 0 Å². The highest BCUT2D eigenvalue weighted by atomic mass is 32.2. The van der Waals surface area contributed by atoms with Crippen LogP contribution in [0.15, 0.2) is 92.4 Å². The molecule has 6 rings (SSSR count). The quantitative estimate of drug-likeness (QED) is 0.335. The van der Waals surface area contributed by atoms with Crippen molar-refractivity contribution in [1.29, 1.82) is 0 Å². The van der Waals surface area contributed by atoms with Crippen LogP contribution in [-0.2, 0) is 21.6 Å². The van der Waals surface area contributed by atoms with E-state index in [1.54, 1.807) is 24.3 Å². The SMILES string of the molecule is Cc1ccc([S@](=O)c2ccc3c(c2-c2c([S@@](=O)c4ccc(C)cc4)ccc4c2OCO4)OCO3)cc1. The molecule has 0 radical (unpaired) electrons. The van der Waals surface area contributed by atoms with Crippen molar-refractivity contribution in [2.24, 2.45) is 0 Å². The number of benzene rings is 4. The molecule has 0 saturated carbocycles. The van der Waals surface area contributed by atoms with Gasteiger partial charge in [0, 0.05) is 20.9 Å². The van der Waals surface area contributed by atoms with E-state index in [2.05, 4.69) is 0 Å². The second-order valence-electron chi connectivity index (χ2n) is 8.51. The lowest BCUT2D eigenvalue weighted by atomic mass is 10.0. The Labute approximate surface area is 213 Å². The molecule has 0 N–H and O–H groups in total. The fourth-order valence-corrected chi connectivity index (χ4v) is 6.69. The third-order valence-corrected chi connectivity index (χ3v) is 9.00. The molecular weight excluding hydrogens is 496 g/mol. The topological polar surface area (TPSA) is 71.1 Å². The molecule has 0 bridgehead atoms. The Morgan fingerprint density at radius 2 is 0.917 bits per heavy atom. The molecule has 0 aromatic heterocycles. The van der Waals surface area contributed by atoms with Crippen molar-refractivity contribution < 1.29 is 27.4 Å². The summed E-state index contributed by atoms with van der Waals surface area (Å²) in [6.07, 6.45) is 0. The fourth-order valence-electron chi connectivity index (χ4n) is 4.27. The van der Waals surface area contributed by atoms with Gasteiger partial charge in [0.1, 0.15) is 0 Å². The summed E-state index contributed by atoms with van der Waals surface area (Å²) in [6, 6.07) is 22.1. The molecule has 8 heteroatoms. The molecule has 0 aliphatic carbocycles. The molecular formula is C28H22O6S2. The van der Waals surface area contributed by atoms with Gasteiger partial charge in [-0.25, -0.2) is 8.42 Å². The first-order valence-corrected chi connectivity index (χ1v) is 13.6. The van der Waals surface area contributed by atoms with Gasteiger partial charge >= 0.3 is 0 Å². The molecule has 4 aromatic carbocycles. The average molecular weight is 519 g/mol. The molecule has 0 unspecified atom stereocenters. The maximum atomic E-state index is 13.9. The highest BCUT2D eigenvalue weighted by molar-refractivity contribution is 7.85. The predicted molar refractivity (Wildman–Crippen MR) is 136 cm³/mol. The largest absolute Gasteiger partial charge is 0.454 e. The van der Waals surface area contributed by atoms with Crippen LogP contribution >= 0.6 is 0 Å². The molecule has 36 heavy (non-hydrogen) atoms. The van der Waals surface area contributed by atoms with Crippen LogP contribution in [-0.4, -0.2) is 22.0 Å². The molecule has 182 valence electrons. The van der Waals surface area contributed by atoms with Gasteiger partial charge in [0.25, 0.3) is 0 Å². The van der Waals surface area contributed by atoms with Crippen LogP contribution in [0.2, 0.25) is 0 Å². The van der Waals surface area contributed by atoms with Crippen molar-refractivity contribution in [2.75, 3.05) is 13.6 Å². The molecule has 4 aromatic rings. The molecule has 0 spiro atoms. The first-order valence-electron chi connectivity index (χ1n) is 11.3. The normalized spacial score (nSPS) is 15.1. The van der Waals surface area contributed by atoms with Crippen LogP contribution in [0.25, 0.3) is 11.1 Å². The van der Waals surface area contributed by atoms with Gasteiger partial charge in [-0.05, 0) is 62.4 Å². The van der Waals surface area contributed by atoms with Crippen LogP contribution in [0.5, 0.6) is 23.0 Å². The Bertz CT molecular complexity index is 1410. The Morgan fingerprint density at radius 1 is 0.528 bits per heavy atom. The van der Waals surface area contributed by atoms with E-state index in [0.717, 1.165) is 11.1 Å². The molecule has 2 aliphatic rings. The van der Waals surface area contributed by atoms with E-state index in [9.17, 15) is 8.42 Å². The zero-order chi connectivity index (χ0) is 24.8. The lowest BCUT2D eigenvalue weighted by Crippen LogP contribution is -2.03. The third kappa shape index (κ3) is 3.86. The molecule has 2 aliphatic heterocycles. The van der Waals surface area contributed by atoms with Crippen molar-refractivity contribution in [3.8, 4) is 34.1 Å². The smallest absolute Gasteiger partial charge is 0.231 e. The van der Waals surface area contributed by atoms with E-state index >= 15 is 0 Å². The van der Waals surface area contributed by atoms with E-state index < -0.39 is 21.6 Å². The summed E-state index contributed by atoms with van der Waals surface area (Å²) in [5, 5.41) is 0. The molecule has 2 heterocycles. The van der Waals surface area contributed by atoms with E-state index in [4.69, 9.17) is 18.9 Å². The minimum Gasteiger partial charge on any atom is -0.454 e. The number of hydrogen-bond donors (Lipinski definition) is 0. The van der Waals surface area contributed by atoms with Crippen molar-refractivity contribution in [2.45, 2.75) is 33.4 Å². The van der Waals surface area contributed by atoms with Crippen LogP contribution in [0.1, 0.15) is 11.1 Å². The lowest BCUT2D eigenvalue weighted by molar-refractivity contribution is 0.172. The Balaban J connectivity index is 1.61. The van der Waals surface area contributed by atoms with Crippen molar-refractivity contribution in [1.82, 2.24) is 0 Å². The zero-order valence-corrected chi connectivity index (χ0v) is 21.2. The highest BCUT2D eigenvalue weighted by Crippen LogP contribution is 2.53. The summed E-state index contributed by atoms with van der Waals surface area (Å²) in [5.41, 5.74) is 3.20.